The van der Waals surface area contributed by atoms with Crippen molar-refractivity contribution in [2.75, 3.05) is 11.9 Å². The Kier molecular flexibility index (Phi) is 3.23. The second-order valence-electron chi connectivity index (χ2n) is 3.39. The van der Waals surface area contributed by atoms with Crippen LogP contribution in [0.1, 0.15) is 12.5 Å². The molecule has 0 heterocycles. The molecule has 3 heteroatoms. The van der Waals surface area contributed by atoms with E-state index < -0.39 is 11.6 Å². The molecule has 0 saturated carbocycles. The minimum absolute atomic E-state index is 0.177. The van der Waals surface area contributed by atoms with Gasteiger partial charge in [0.25, 0.3) is 0 Å². The molecule has 0 aliphatic rings. The number of aryl methyl sites for hydroxylation is 1. The van der Waals surface area contributed by atoms with Gasteiger partial charge in [-0.25, -0.2) is 8.78 Å². The summed E-state index contributed by atoms with van der Waals surface area (Å²) in [6.07, 6.45) is 0. The first-order valence-electron chi connectivity index (χ1n) is 4.34. The summed E-state index contributed by atoms with van der Waals surface area (Å²) in [5, 5.41) is 2.77. The Balaban J connectivity index is 2.87. The van der Waals surface area contributed by atoms with Crippen LogP contribution in [0.25, 0.3) is 0 Å². The first-order chi connectivity index (χ1) is 6.50. The van der Waals surface area contributed by atoms with Crippen molar-refractivity contribution in [1.82, 2.24) is 0 Å². The van der Waals surface area contributed by atoms with E-state index >= 15 is 0 Å². The zero-order chi connectivity index (χ0) is 10.7. The van der Waals surface area contributed by atoms with Gasteiger partial charge in [0.1, 0.15) is 11.6 Å². The smallest absolute Gasteiger partial charge is 0.146 e. The van der Waals surface area contributed by atoms with Gasteiger partial charge in [0.15, 0.2) is 0 Å². The summed E-state index contributed by atoms with van der Waals surface area (Å²) >= 11 is 0. The van der Waals surface area contributed by atoms with Crippen molar-refractivity contribution in [2.24, 2.45) is 0 Å². The van der Waals surface area contributed by atoms with E-state index in [-0.39, 0.29) is 5.69 Å². The molecule has 1 nitrogen and oxygen atoms in total. The molecular weight excluding hydrogens is 184 g/mol. The standard InChI is InChI=1S/C11H13F2N/c1-7(2)6-14-11-5-9(12)8(3)4-10(11)13/h4-5,14H,1,6H2,2-3H3. The molecule has 0 aliphatic heterocycles. The molecule has 1 aromatic rings. The average Bonchev–Trinajstić information content (AvgIpc) is 2.09. The van der Waals surface area contributed by atoms with E-state index in [1.54, 1.807) is 0 Å². The summed E-state index contributed by atoms with van der Waals surface area (Å²) in [4.78, 5) is 0. The number of rotatable bonds is 3. The maximum Gasteiger partial charge on any atom is 0.146 e. The molecule has 1 aromatic carbocycles. The number of anilines is 1. The third-order valence-electron chi connectivity index (χ3n) is 1.83. The number of nitrogens with one attached hydrogen (secondary N) is 1. The first kappa shape index (κ1) is 10.7. The van der Waals surface area contributed by atoms with Crippen LogP contribution in [0.5, 0.6) is 0 Å². The van der Waals surface area contributed by atoms with Gasteiger partial charge in [0.05, 0.1) is 5.69 Å². The zero-order valence-electron chi connectivity index (χ0n) is 8.32. The van der Waals surface area contributed by atoms with E-state index in [4.69, 9.17) is 0 Å². The second kappa shape index (κ2) is 4.22. The van der Waals surface area contributed by atoms with Gasteiger partial charge in [-0.1, -0.05) is 12.2 Å². The average molecular weight is 197 g/mol. The molecule has 76 valence electrons. The van der Waals surface area contributed by atoms with Gasteiger partial charge in [-0.05, 0) is 25.5 Å². The highest BCUT2D eigenvalue weighted by Gasteiger charge is 2.06. The van der Waals surface area contributed by atoms with E-state index in [0.717, 1.165) is 11.6 Å². The fraction of sp³-hybridized carbons (Fsp3) is 0.273. The van der Waals surface area contributed by atoms with E-state index in [9.17, 15) is 8.78 Å². The maximum absolute atomic E-state index is 13.2. The Morgan fingerprint density at radius 2 is 2.00 bits per heavy atom. The summed E-state index contributed by atoms with van der Waals surface area (Å²) in [5.74, 6) is -0.847. The van der Waals surface area contributed by atoms with Gasteiger partial charge in [0, 0.05) is 12.6 Å². The highest BCUT2D eigenvalue weighted by molar-refractivity contribution is 5.47. The van der Waals surface area contributed by atoms with Crippen LogP contribution in [0.15, 0.2) is 24.3 Å². The molecule has 0 aromatic heterocycles. The third-order valence-corrected chi connectivity index (χ3v) is 1.83. The fourth-order valence-electron chi connectivity index (χ4n) is 1.03. The zero-order valence-corrected chi connectivity index (χ0v) is 8.32. The molecule has 14 heavy (non-hydrogen) atoms. The van der Waals surface area contributed by atoms with Gasteiger partial charge in [-0.15, -0.1) is 0 Å². The molecule has 0 spiro atoms. The first-order valence-corrected chi connectivity index (χ1v) is 4.34. The number of benzene rings is 1. The topological polar surface area (TPSA) is 12.0 Å². The predicted molar refractivity (Wildman–Crippen MR) is 54.4 cm³/mol. The van der Waals surface area contributed by atoms with Crippen LogP contribution in [-0.4, -0.2) is 6.54 Å². The summed E-state index contributed by atoms with van der Waals surface area (Å²) in [5.41, 5.74) is 1.35. The molecule has 0 fully saturated rings. The van der Waals surface area contributed by atoms with Crippen molar-refractivity contribution < 1.29 is 8.78 Å². The third kappa shape index (κ3) is 2.55. The van der Waals surface area contributed by atoms with E-state index in [0.29, 0.717) is 12.1 Å². The van der Waals surface area contributed by atoms with Gasteiger partial charge in [-0.2, -0.15) is 0 Å². The van der Waals surface area contributed by atoms with Gasteiger partial charge < -0.3 is 5.32 Å². The molecule has 0 radical (unpaired) electrons. The molecule has 0 bridgehead atoms. The molecule has 0 aliphatic carbocycles. The summed E-state index contributed by atoms with van der Waals surface area (Å²) < 4.78 is 26.3. The van der Waals surface area contributed by atoms with Crippen molar-refractivity contribution in [3.05, 3.63) is 41.5 Å². The SMILES string of the molecule is C=C(C)CNc1cc(F)c(C)cc1F. The molecule has 1 N–H and O–H groups in total. The lowest BCUT2D eigenvalue weighted by atomic mass is 10.2. The molecule has 0 atom stereocenters. The van der Waals surface area contributed by atoms with Crippen molar-refractivity contribution in [3.63, 3.8) is 0 Å². The van der Waals surface area contributed by atoms with Crippen LogP contribution in [0.3, 0.4) is 0 Å². The molecule has 1 rings (SSSR count). The minimum atomic E-state index is -0.440. The van der Waals surface area contributed by atoms with Crippen molar-refractivity contribution in [1.29, 1.82) is 0 Å². The second-order valence-corrected chi connectivity index (χ2v) is 3.39. The number of hydrogen-bond acceptors (Lipinski definition) is 1. The molecule has 0 unspecified atom stereocenters. The van der Waals surface area contributed by atoms with Crippen LogP contribution in [0.4, 0.5) is 14.5 Å². The minimum Gasteiger partial charge on any atom is -0.379 e. The molecular formula is C11H13F2N. The van der Waals surface area contributed by atoms with Gasteiger partial charge >= 0.3 is 0 Å². The summed E-state index contributed by atoms with van der Waals surface area (Å²) in [6.45, 7) is 7.45. The van der Waals surface area contributed by atoms with Crippen molar-refractivity contribution in [2.45, 2.75) is 13.8 Å². The van der Waals surface area contributed by atoms with E-state index in [2.05, 4.69) is 11.9 Å². The largest absolute Gasteiger partial charge is 0.379 e. The number of hydrogen-bond donors (Lipinski definition) is 1. The Bertz CT molecular complexity index is 359. The lowest BCUT2D eigenvalue weighted by Gasteiger charge is -2.08. The van der Waals surface area contributed by atoms with Crippen LogP contribution in [-0.2, 0) is 0 Å². The highest BCUT2D eigenvalue weighted by atomic mass is 19.1. The van der Waals surface area contributed by atoms with E-state index in [1.165, 1.54) is 13.0 Å². The van der Waals surface area contributed by atoms with Gasteiger partial charge in [0.2, 0.25) is 0 Å². The Morgan fingerprint density at radius 1 is 1.36 bits per heavy atom. The molecule has 0 amide bonds. The maximum atomic E-state index is 13.2. The monoisotopic (exact) mass is 197 g/mol. The van der Waals surface area contributed by atoms with Crippen LogP contribution in [0.2, 0.25) is 0 Å². The Morgan fingerprint density at radius 3 is 2.57 bits per heavy atom. The summed E-state index contributed by atoms with van der Waals surface area (Å²) in [6, 6.07) is 2.34. The Hall–Kier alpha value is -1.38. The summed E-state index contributed by atoms with van der Waals surface area (Å²) in [7, 11) is 0. The van der Waals surface area contributed by atoms with Crippen molar-refractivity contribution >= 4 is 5.69 Å². The van der Waals surface area contributed by atoms with Gasteiger partial charge in [-0.3, -0.25) is 0 Å². The van der Waals surface area contributed by atoms with Crippen LogP contribution >= 0.6 is 0 Å². The lowest BCUT2D eigenvalue weighted by molar-refractivity contribution is 0.595. The number of halogens is 2. The molecule has 0 saturated heterocycles. The van der Waals surface area contributed by atoms with Crippen LogP contribution in [0, 0.1) is 18.6 Å². The Labute approximate surface area is 82.4 Å². The quantitative estimate of drug-likeness (QED) is 0.733. The predicted octanol–water partition coefficient (Wildman–Crippen LogP) is 3.26. The normalized spacial score (nSPS) is 10.0. The van der Waals surface area contributed by atoms with Crippen molar-refractivity contribution in [3.8, 4) is 0 Å². The lowest BCUT2D eigenvalue weighted by Crippen LogP contribution is -2.04. The van der Waals surface area contributed by atoms with Crippen LogP contribution < -0.4 is 5.32 Å². The van der Waals surface area contributed by atoms with E-state index in [1.807, 2.05) is 6.92 Å². The highest BCUT2D eigenvalue weighted by Crippen LogP contribution is 2.18. The fourth-order valence-corrected chi connectivity index (χ4v) is 1.03.